The summed E-state index contributed by atoms with van der Waals surface area (Å²) in [6.45, 7) is 0. The number of rotatable bonds is 0. The summed E-state index contributed by atoms with van der Waals surface area (Å²) in [4.78, 5) is 4.96. The predicted molar refractivity (Wildman–Crippen MR) is 45.8 cm³/mol. The third kappa shape index (κ3) is 1.62. The van der Waals surface area contributed by atoms with Crippen molar-refractivity contribution in [3.05, 3.63) is 10.2 Å². The Morgan fingerprint density at radius 2 is 2.00 bits per heavy atom. The zero-order valence-electron chi connectivity index (χ0n) is 5.55. The minimum Gasteiger partial charge on any atom is -0.368 e. The lowest BCUT2D eigenvalue weighted by Crippen LogP contribution is -2.37. The Labute approximate surface area is 78.9 Å². The summed E-state index contributed by atoms with van der Waals surface area (Å²) in [5.41, 5.74) is 0. The zero-order chi connectivity index (χ0) is 8.59. The van der Waals surface area contributed by atoms with Gasteiger partial charge in [0.1, 0.15) is 5.03 Å². The molecule has 0 bridgehead atoms. The Balaban J connectivity index is 3.01. The van der Waals surface area contributed by atoms with Crippen LogP contribution in [0.15, 0.2) is 15.2 Å². The van der Waals surface area contributed by atoms with E-state index in [0.717, 1.165) is 0 Å². The van der Waals surface area contributed by atoms with Gasteiger partial charge in [-0.3, -0.25) is 0 Å². The van der Waals surface area contributed by atoms with E-state index in [9.17, 15) is 5.11 Å². The maximum Gasteiger partial charge on any atom is 0.202 e. The summed E-state index contributed by atoms with van der Waals surface area (Å²) in [5.74, 6) is 0. The number of aliphatic hydroxyl groups is 1. The molecule has 1 rings (SSSR count). The summed E-state index contributed by atoms with van der Waals surface area (Å²) < 4.78 is 0. The highest BCUT2D eigenvalue weighted by molar-refractivity contribution is 6.65. The fourth-order valence-corrected chi connectivity index (χ4v) is 1.18. The lowest BCUT2D eigenvalue weighted by Gasteiger charge is -2.26. The summed E-state index contributed by atoms with van der Waals surface area (Å²) >= 11 is 16.6. The molecule has 0 radical (unpaired) electrons. The Morgan fingerprint density at radius 1 is 1.45 bits per heavy atom. The zero-order valence-corrected chi connectivity index (χ0v) is 7.82. The maximum atomic E-state index is 9.27. The van der Waals surface area contributed by atoms with Crippen molar-refractivity contribution < 1.29 is 5.11 Å². The molecule has 0 saturated carbocycles. The van der Waals surface area contributed by atoms with Gasteiger partial charge in [0.2, 0.25) is 5.29 Å². The van der Waals surface area contributed by atoms with E-state index < -0.39 is 6.23 Å². The Bertz CT molecular complexity index is 238. The van der Waals surface area contributed by atoms with Crippen LogP contribution in [0, 0.1) is 0 Å². The molecule has 0 aromatic carbocycles. The van der Waals surface area contributed by atoms with Crippen molar-refractivity contribution in [1.29, 1.82) is 0 Å². The molecule has 11 heavy (non-hydrogen) atoms. The van der Waals surface area contributed by atoms with E-state index in [-0.39, 0.29) is 15.5 Å². The molecule has 62 valence electrons. The first-order valence-corrected chi connectivity index (χ1v) is 3.87. The normalized spacial score (nSPS) is 25.7. The average molecular weight is 215 g/mol. The van der Waals surface area contributed by atoms with E-state index in [2.05, 4.69) is 4.99 Å². The second-order valence-corrected chi connectivity index (χ2v) is 3.11. The molecular formula is C5H5Cl3N2O. The van der Waals surface area contributed by atoms with E-state index >= 15 is 0 Å². The highest BCUT2D eigenvalue weighted by Crippen LogP contribution is 2.26. The fourth-order valence-electron chi connectivity index (χ4n) is 0.591. The van der Waals surface area contributed by atoms with Gasteiger partial charge in [-0.15, -0.1) is 0 Å². The van der Waals surface area contributed by atoms with Crippen molar-refractivity contribution in [2.45, 2.75) is 6.23 Å². The number of nitrogens with zero attached hydrogens (tertiary/aromatic N) is 2. The van der Waals surface area contributed by atoms with Gasteiger partial charge in [-0.2, -0.15) is 0 Å². The molecule has 0 fully saturated rings. The number of likely N-dealkylation sites (N-methyl/N-ethyl adjacent to an activating group) is 1. The van der Waals surface area contributed by atoms with Crippen LogP contribution in [-0.4, -0.2) is 28.6 Å². The molecule has 1 aliphatic rings. The number of hydrogen-bond donors (Lipinski definition) is 1. The van der Waals surface area contributed by atoms with Crippen LogP contribution in [0.25, 0.3) is 0 Å². The number of aliphatic hydroxyl groups excluding tert-OH is 1. The molecule has 1 N–H and O–H groups in total. The number of aliphatic imine (C=N–C) groups is 1. The van der Waals surface area contributed by atoms with Crippen molar-refractivity contribution >= 4 is 40.1 Å². The van der Waals surface area contributed by atoms with Gasteiger partial charge in [-0.05, 0) is 11.6 Å². The van der Waals surface area contributed by atoms with Gasteiger partial charge >= 0.3 is 0 Å². The van der Waals surface area contributed by atoms with Gasteiger partial charge in [0.15, 0.2) is 11.4 Å². The Morgan fingerprint density at radius 3 is 2.55 bits per heavy atom. The predicted octanol–water partition coefficient (Wildman–Crippen LogP) is 1.49. The Kier molecular flexibility index (Phi) is 2.65. The third-order valence-electron chi connectivity index (χ3n) is 1.27. The first-order chi connectivity index (χ1) is 5.04. The van der Waals surface area contributed by atoms with Crippen LogP contribution in [0.3, 0.4) is 0 Å². The summed E-state index contributed by atoms with van der Waals surface area (Å²) in [6, 6.07) is 0. The molecule has 1 atom stereocenters. The van der Waals surface area contributed by atoms with E-state index in [4.69, 9.17) is 34.8 Å². The Hall–Kier alpha value is 0.0400. The van der Waals surface area contributed by atoms with Crippen molar-refractivity contribution in [2.24, 2.45) is 4.99 Å². The molecule has 0 saturated heterocycles. The van der Waals surface area contributed by atoms with Gasteiger partial charge in [-0.1, -0.05) is 23.2 Å². The minimum absolute atomic E-state index is 0.0299. The highest BCUT2D eigenvalue weighted by Gasteiger charge is 2.24. The van der Waals surface area contributed by atoms with Crippen LogP contribution in [0.2, 0.25) is 0 Å². The van der Waals surface area contributed by atoms with E-state index in [1.807, 2.05) is 0 Å². The number of halogens is 3. The third-order valence-corrected chi connectivity index (χ3v) is 2.38. The number of amidine groups is 1. The lowest BCUT2D eigenvalue weighted by atomic mass is 10.4. The SMILES string of the molecule is CN1C(Cl)=NC(Cl)=C(Cl)C1O. The van der Waals surface area contributed by atoms with Gasteiger partial charge in [0, 0.05) is 7.05 Å². The van der Waals surface area contributed by atoms with Crippen LogP contribution in [-0.2, 0) is 0 Å². The average Bonchev–Trinajstić information content (AvgIpc) is 1.97. The lowest BCUT2D eigenvalue weighted by molar-refractivity contribution is 0.110. The largest absolute Gasteiger partial charge is 0.368 e. The van der Waals surface area contributed by atoms with Gasteiger partial charge < -0.3 is 10.0 Å². The van der Waals surface area contributed by atoms with E-state index in [0.29, 0.717) is 0 Å². The molecule has 0 aromatic rings. The highest BCUT2D eigenvalue weighted by atomic mass is 35.5. The van der Waals surface area contributed by atoms with Gasteiger partial charge in [0.25, 0.3) is 0 Å². The van der Waals surface area contributed by atoms with Crippen LogP contribution in [0.5, 0.6) is 0 Å². The smallest absolute Gasteiger partial charge is 0.202 e. The van der Waals surface area contributed by atoms with Crippen molar-refractivity contribution in [2.75, 3.05) is 7.05 Å². The number of hydrogen-bond acceptors (Lipinski definition) is 3. The molecule has 6 heteroatoms. The summed E-state index contributed by atoms with van der Waals surface area (Å²) in [6.07, 6.45) is -0.992. The monoisotopic (exact) mass is 214 g/mol. The van der Waals surface area contributed by atoms with Crippen LogP contribution in [0.1, 0.15) is 0 Å². The molecule has 1 aliphatic heterocycles. The van der Waals surface area contributed by atoms with Crippen molar-refractivity contribution in [3.8, 4) is 0 Å². The van der Waals surface area contributed by atoms with Crippen LogP contribution >= 0.6 is 34.8 Å². The molecule has 0 spiro atoms. The molecule has 1 heterocycles. The topological polar surface area (TPSA) is 35.8 Å². The standard InChI is InChI=1S/C5H5Cl3N2O/c1-10-4(11)2(6)3(7)9-5(10)8/h4,11H,1H3. The van der Waals surface area contributed by atoms with Gasteiger partial charge in [-0.25, -0.2) is 4.99 Å². The summed E-state index contributed by atoms with van der Waals surface area (Å²) in [5, 5.41) is 9.50. The minimum atomic E-state index is -0.992. The second-order valence-electron chi connectivity index (χ2n) is 2.00. The molecule has 0 amide bonds. The van der Waals surface area contributed by atoms with E-state index in [1.54, 1.807) is 7.05 Å². The quantitative estimate of drug-likeness (QED) is 0.622. The first-order valence-electron chi connectivity index (χ1n) is 2.74. The molecule has 1 unspecified atom stereocenters. The van der Waals surface area contributed by atoms with Crippen molar-refractivity contribution in [1.82, 2.24) is 4.90 Å². The molecule has 3 nitrogen and oxygen atoms in total. The summed E-state index contributed by atoms with van der Waals surface area (Å²) in [7, 11) is 1.56. The maximum absolute atomic E-state index is 9.27. The van der Waals surface area contributed by atoms with E-state index in [1.165, 1.54) is 4.90 Å². The van der Waals surface area contributed by atoms with Crippen LogP contribution in [0.4, 0.5) is 0 Å². The van der Waals surface area contributed by atoms with Crippen LogP contribution < -0.4 is 0 Å². The van der Waals surface area contributed by atoms with Crippen molar-refractivity contribution in [3.63, 3.8) is 0 Å². The fraction of sp³-hybridized carbons (Fsp3) is 0.400. The molecular weight excluding hydrogens is 210 g/mol. The molecule has 0 aliphatic carbocycles. The van der Waals surface area contributed by atoms with Gasteiger partial charge in [0.05, 0.1) is 0 Å². The second kappa shape index (κ2) is 3.19. The first kappa shape index (κ1) is 9.13. The molecule has 0 aromatic heterocycles.